The highest BCUT2D eigenvalue weighted by atomic mass is 16.5. The van der Waals surface area contributed by atoms with Gasteiger partial charge in [-0.3, -0.25) is 4.90 Å². The van der Waals surface area contributed by atoms with Crippen LogP contribution < -0.4 is 10.4 Å². The molecular formula is C22H23NO3. The molecule has 26 heavy (non-hydrogen) atoms. The molecule has 1 saturated heterocycles. The van der Waals surface area contributed by atoms with Gasteiger partial charge >= 0.3 is 5.63 Å². The molecule has 1 atom stereocenters. The molecule has 4 rings (SSSR count). The molecule has 3 aromatic rings. The topological polar surface area (TPSA) is 42.7 Å². The van der Waals surface area contributed by atoms with Crippen molar-refractivity contribution in [3.63, 3.8) is 0 Å². The Labute approximate surface area is 153 Å². The summed E-state index contributed by atoms with van der Waals surface area (Å²) in [5.74, 6) is 0.885. The molecule has 0 saturated carbocycles. The first kappa shape index (κ1) is 16.9. The zero-order valence-corrected chi connectivity index (χ0v) is 15.2. The van der Waals surface area contributed by atoms with Gasteiger partial charge in [0.2, 0.25) is 0 Å². The fourth-order valence-corrected chi connectivity index (χ4v) is 3.93. The predicted molar refractivity (Wildman–Crippen MR) is 103 cm³/mol. The smallest absolute Gasteiger partial charge is 0.336 e. The minimum atomic E-state index is -0.282. The molecule has 2 aromatic carbocycles. The van der Waals surface area contributed by atoms with Gasteiger partial charge in [-0.25, -0.2) is 4.79 Å². The van der Waals surface area contributed by atoms with Gasteiger partial charge in [-0.15, -0.1) is 0 Å². The Bertz CT molecular complexity index is 992. The second-order valence-electron chi connectivity index (χ2n) is 7.00. The minimum absolute atomic E-state index is 0.282. The Morgan fingerprint density at radius 2 is 2.08 bits per heavy atom. The minimum Gasteiger partial charge on any atom is -0.497 e. The van der Waals surface area contributed by atoms with Crippen LogP contribution in [0.3, 0.4) is 0 Å². The van der Waals surface area contributed by atoms with E-state index in [0.717, 1.165) is 48.2 Å². The zero-order valence-electron chi connectivity index (χ0n) is 15.2. The lowest BCUT2D eigenvalue weighted by molar-refractivity contribution is 0.248. The summed E-state index contributed by atoms with van der Waals surface area (Å²) in [5.41, 5.74) is 3.78. The number of fused-ring (bicyclic) bond motifs is 1. The van der Waals surface area contributed by atoms with Gasteiger partial charge in [0.1, 0.15) is 11.3 Å². The fraction of sp³-hybridized carbons (Fsp3) is 0.318. The SMILES string of the molecule is COc1cccc([C@@H]2CCCN2Cc2cc(=O)oc3cc(C)ccc23)c1. The van der Waals surface area contributed by atoms with Crippen molar-refractivity contribution in [3.05, 3.63) is 75.6 Å². The summed E-state index contributed by atoms with van der Waals surface area (Å²) in [6, 6.07) is 16.3. The molecule has 0 bridgehead atoms. The molecule has 0 N–H and O–H groups in total. The number of hydrogen-bond acceptors (Lipinski definition) is 4. The van der Waals surface area contributed by atoms with Crippen molar-refractivity contribution in [3.8, 4) is 5.75 Å². The average molecular weight is 349 g/mol. The summed E-state index contributed by atoms with van der Waals surface area (Å²) >= 11 is 0. The van der Waals surface area contributed by atoms with Gasteiger partial charge < -0.3 is 9.15 Å². The molecule has 4 nitrogen and oxygen atoms in total. The van der Waals surface area contributed by atoms with Crippen molar-refractivity contribution >= 4 is 11.0 Å². The van der Waals surface area contributed by atoms with Crippen LogP contribution in [0.25, 0.3) is 11.0 Å². The van der Waals surface area contributed by atoms with Crippen molar-refractivity contribution in [1.82, 2.24) is 4.90 Å². The highest BCUT2D eigenvalue weighted by molar-refractivity contribution is 5.80. The van der Waals surface area contributed by atoms with E-state index in [1.165, 1.54) is 5.56 Å². The molecule has 0 aliphatic carbocycles. The lowest BCUT2D eigenvalue weighted by Gasteiger charge is -2.25. The lowest BCUT2D eigenvalue weighted by atomic mass is 10.0. The summed E-state index contributed by atoms with van der Waals surface area (Å²) in [5, 5.41) is 1.02. The lowest BCUT2D eigenvalue weighted by Crippen LogP contribution is -2.23. The van der Waals surface area contributed by atoms with Crippen LogP contribution in [0.4, 0.5) is 0 Å². The Kier molecular flexibility index (Phi) is 4.51. The van der Waals surface area contributed by atoms with Crippen molar-refractivity contribution in [2.75, 3.05) is 13.7 Å². The number of likely N-dealkylation sites (tertiary alicyclic amines) is 1. The van der Waals surface area contributed by atoms with Crippen molar-refractivity contribution < 1.29 is 9.15 Å². The third kappa shape index (κ3) is 3.25. The molecule has 134 valence electrons. The fourth-order valence-electron chi connectivity index (χ4n) is 3.93. The van der Waals surface area contributed by atoms with Gasteiger partial charge in [-0.2, -0.15) is 0 Å². The second kappa shape index (κ2) is 6.96. The maximum Gasteiger partial charge on any atom is 0.336 e. The second-order valence-corrected chi connectivity index (χ2v) is 7.00. The van der Waals surface area contributed by atoms with Crippen LogP contribution in [0, 0.1) is 6.92 Å². The number of rotatable bonds is 4. The van der Waals surface area contributed by atoms with Gasteiger partial charge in [0.05, 0.1) is 7.11 Å². The van der Waals surface area contributed by atoms with Crippen LogP contribution in [-0.2, 0) is 6.54 Å². The van der Waals surface area contributed by atoms with E-state index in [-0.39, 0.29) is 5.63 Å². The van der Waals surface area contributed by atoms with Gasteiger partial charge in [0, 0.05) is 24.0 Å². The Balaban J connectivity index is 1.68. The molecule has 0 amide bonds. The van der Waals surface area contributed by atoms with E-state index in [0.29, 0.717) is 11.6 Å². The molecule has 0 radical (unpaired) electrons. The third-order valence-electron chi connectivity index (χ3n) is 5.20. The first-order chi connectivity index (χ1) is 12.6. The number of ether oxygens (including phenoxy) is 1. The largest absolute Gasteiger partial charge is 0.497 e. The highest BCUT2D eigenvalue weighted by Gasteiger charge is 2.27. The zero-order chi connectivity index (χ0) is 18.1. The Hall–Kier alpha value is -2.59. The third-order valence-corrected chi connectivity index (χ3v) is 5.20. The number of benzene rings is 2. The van der Waals surface area contributed by atoms with Crippen LogP contribution in [0.2, 0.25) is 0 Å². The molecule has 1 aliphatic rings. The van der Waals surface area contributed by atoms with Gasteiger partial charge in [-0.1, -0.05) is 24.3 Å². The van der Waals surface area contributed by atoms with Crippen LogP contribution in [0.15, 0.2) is 57.7 Å². The van der Waals surface area contributed by atoms with E-state index in [9.17, 15) is 4.79 Å². The monoisotopic (exact) mass is 349 g/mol. The van der Waals surface area contributed by atoms with Crippen molar-refractivity contribution in [1.29, 1.82) is 0 Å². The van der Waals surface area contributed by atoms with Crippen LogP contribution in [0.5, 0.6) is 5.75 Å². The highest BCUT2D eigenvalue weighted by Crippen LogP contribution is 2.35. The number of methoxy groups -OCH3 is 1. The molecule has 1 fully saturated rings. The van der Waals surface area contributed by atoms with Gasteiger partial charge in [0.25, 0.3) is 0 Å². The van der Waals surface area contributed by atoms with E-state index in [4.69, 9.17) is 9.15 Å². The first-order valence-corrected chi connectivity index (χ1v) is 9.05. The van der Waals surface area contributed by atoms with Crippen molar-refractivity contribution in [2.24, 2.45) is 0 Å². The summed E-state index contributed by atoms with van der Waals surface area (Å²) < 4.78 is 10.8. The summed E-state index contributed by atoms with van der Waals surface area (Å²) in [6.07, 6.45) is 2.27. The maximum atomic E-state index is 12.0. The Morgan fingerprint density at radius 1 is 1.19 bits per heavy atom. The molecular weight excluding hydrogens is 326 g/mol. The van der Waals surface area contributed by atoms with E-state index < -0.39 is 0 Å². The van der Waals surface area contributed by atoms with Gasteiger partial charge in [-0.05, 0) is 61.2 Å². The molecule has 0 unspecified atom stereocenters. The molecule has 0 spiro atoms. The van der Waals surface area contributed by atoms with E-state index >= 15 is 0 Å². The molecule has 1 aliphatic heterocycles. The first-order valence-electron chi connectivity index (χ1n) is 9.05. The number of nitrogens with zero attached hydrogens (tertiary/aromatic N) is 1. The normalized spacial score (nSPS) is 17.7. The molecule has 1 aromatic heterocycles. The number of hydrogen-bond donors (Lipinski definition) is 0. The van der Waals surface area contributed by atoms with E-state index in [1.54, 1.807) is 13.2 Å². The van der Waals surface area contributed by atoms with E-state index in [1.807, 2.05) is 25.1 Å². The Morgan fingerprint density at radius 3 is 2.92 bits per heavy atom. The molecule has 2 heterocycles. The maximum absolute atomic E-state index is 12.0. The molecule has 4 heteroatoms. The summed E-state index contributed by atoms with van der Waals surface area (Å²) in [6.45, 7) is 3.77. The number of aryl methyl sites for hydroxylation is 1. The van der Waals surface area contributed by atoms with E-state index in [2.05, 4.69) is 29.2 Å². The van der Waals surface area contributed by atoms with Gasteiger partial charge in [0.15, 0.2) is 0 Å². The summed E-state index contributed by atoms with van der Waals surface area (Å²) in [4.78, 5) is 14.5. The van der Waals surface area contributed by atoms with Crippen LogP contribution in [-0.4, -0.2) is 18.6 Å². The van der Waals surface area contributed by atoms with Crippen molar-refractivity contribution in [2.45, 2.75) is 32.4 Å². The average Bonchev–Trinajstić information content (AvgIpc) is 3.09. The standard InChI is InChI=1S/C22H23NO3/c1-15-8-9-19-17(13-22(24)26-21(19)11-15)14-23-10-4-7-20(23)16-5-3-6-18(12-16)25-2/h3,5-6,8-9,11-13,20H,4,7,10,14H2,1-2H3/t20-/m0/s1. The summed E-state index contributed by atoms with van der Waals surface area (Å²) in [7, 11) is 1.70. The predicted octanol–water partition coefficient (Wildman–Crippen LogP) is 4.45. The quantitative estimate of drug-likeness (QED) is 0.653. The van der Waals surface area contributed by atoms with Crippen LogP contribution >= 0.6 is 0 Å². The van der Waals surface area contributed by atoms with Crippen LogP contribution in [0.1, 0.15) is 35.6 Å².